The molecule has 6 atom stereocenters. The molecule has 2 aliphatic carbocycles. The first-order valence-corrected chi connectivity index (χ1v) is 9.07. The van der Waals surface area contributed by atoms with Gasteiger partial charge in [-0.25, -0.2) is 4.90 Å². The van der Waals surface area contributed by atoms with E-state index in [1.807, 2.05) is 31.2 Å². The molecule has 2 amide bonds. The van der Waals surface area contributed by atoms with E-state index >= 15 is 0 Å². The number of benzene rings is 1. The Morgan fingerprint density at radius 2 is 1.52 bits per heavy atom. The van der Waals surface area contributed by atoms with Gasteiger partial charge in [0.2, 0.25) is 11.8 Å². The number of anilines is 1. The van der Waals surface area contributed by atoms with Gasteiger partial charge < -0.3 is 0 Å². The highest BCUT2D eigenvalue weighted by Gasteiger charge is 2.66. The maximum absolute atomic E-state index is 12.9. The standard InChI is InChI=1S/C16H15Br2NO2/c1-7-4-2-3-5-10(7)19-15(20)11-8-6-9(12(11)16(19)21)14(18)13(8)17/h2-5,8-9,11-14H,6H2,1H3/t8-,9-,11-,12+,13-,14+/m1/s1. The topological polar surface area (TPSA) is 37.4 Å². The van der Waals surface area contributed by atoms with Gasteiger partial charge in [0.25, 0.3) is 0 Å². The molecule has 5 heteroatoms. The van der Waals surface area contributed by atoms with Gasteiger partial charge in [-0.05, 0) is 36.8 Å². The van der Waals surface area contributed by atoms with Gasteiger partial charge in [-0.3, -0.25) is 9.59 Å². The van der Waals surface area contributed by atoms with Crippen LogP contribution in [0, 0.1) is 30.6 Å². The fourth-order valence-electron chi connectivity index (χ4n) is 4.40. The van der Waals surface area contributed by atoms with E-state index in [9.17, 15) is 9.59 Å². The first kappa shape index (κ1) is 13.9. The van der Waals surface area contributed by atoms with E-state index in [1.165, 1.54) is 4.90 Å². The molecule has 0 N–H and O–H groups in total. The molecular formula is C16H15Br2NO2. The number of carbonyl (C=O) groups is 2. The minimum Gasteiger partial charge on any atom is -0.274 e. The van der Waals surface area contributed by atoms with E-state index in [2.05, 4.69) is 31.9 Å². The summed E-state index contributed by atoms with van der Waals surface area (Å²) in [7, 11) is 0. The number of alkyl halides is 2. The van der Waals surface area contributed by atoms with E-state index in [0.717, 1.165) is 17.7 Å². The Hall–Kier alpha value is -0.680. The molecule has 1 saturated heterocycles. The van der Waals surface area contributed by atoms with Gasteiger partial charge in [-0.1, -0.05) is 50.1 Å². The molecule has 21 heavy (non-hydrogen) atoms. The second kappa shape index (κ2) is 4.66. The average molecular weight is 413 g/mol. The normalized spacial score (nSPS) is 41.0. The maximum Gasteiger partial charge on any atom is 0.238 e. The van der Waals surface area contributed by atoms with Crippen molar-refractivity contribution in [3.63, 3.8) is 0 Å². The molecule has 1 aliphatic heterocycles. The Bertz CT molecular complexity index is 615. The lowest BCUT2D eigenvalue weighted by molar-refractivity contribution is -0.123. The summed E-state index contributed by atoms with van der Waals surface area (Å²) < 4.78 is 0. The lowest BCUT2D eigenvalue weighted by atomic mass is 9.81. The number of halogens is 2. The molecule has 0 spiro atoms. The molecule has 1 aromatic carbocycles. The Balaban J connectivity index is 1.77. The summed E-state index contributed by atoms with van der Waals surface area (Å²) in [5.74, 6) is 0.261. The number of rotatable bonds is 1. The molecule has 3 nitrogen and oxygen atoms in total. The largest absolute Gasteiger partial charge is 0.274 e. The van der Waals surface area contributed by atoms with Crippen molar-refractivity contribution in [2.45, 2.75) is 23.0 Å². The van der Waals surface area contributed by atoms with Crippen LogP contribution >= 0.6 is 31.9 Å². The van der Waals surface area contributed by atoms with Crippen molar-refractivity contribution in [1.82, 2.24) is 0 Å². The molecular weight excluding hydrogens is 398 g/mol. The van der Waals surface area contributed by atoms with Crippen molar-refractivity contribution >= 4 is 49.4 Å². The van der Waals surface area contributed by atoms with Gasteiger partial charge in [-0.15, -0.1) is 0 Å². The third-order valence-electron chi connectivity index (χ3n) is 5.34. The Labute approximate surface area is 140 Å². The SMILES string of the molecule is Cc1ccccc1N1C(=O)[C@@H]2[C@H]3C[C@@H]([C@H](Br)[C@@H]3Br)[C@@H]2C1=O. The lowest BCUT2D eigenvalue weighted by Crippen LogP contribution is -2.37. The van der Waals surface area contributed by atoms with Crippen LogP contribution in [0.25, 0.3) is 0 Å². The number of hydrogen-bond acceptors (Lipinski definition) is 2. The number of imide groups is 1. The van der Waals surface area contributed by atoms with E-state index in [-0.39, 0.29) is 45.1 Å². The summed E-state index contributed by atoms with van der Waals surface area (Å²) in [6.45, 7) is 1.94. The second-order valence-corrected chi connectivity index (χ2v) is 8.42. The van der Waals surface area contributed by atoms with Gasteiger partial charge in [0.05, 0.1) is 17.5 Å². The summed E-state index contributed by atoms with van der Waals surface area (Å²) >= 11 is 7.41. The highest BCUT2D eigenvalue weighted by molar-refractivity contribution is 9.12. The number of carbonyl (C=O) groups excluding carboxylic acids is 2. The number of aryl methyl sites for hydroxylation is 1. The van der Waals surface area contributed by atoms with Crippen molar-refractivity contribution in [3.8, 4) is 0 Å². The fraction of sp³-hybridized carbons (Fsp3) is 0.500. The minimum absolute atomic E-state index is 0.00403. The van der Waals surface area contributed by atoms with Gasteiger partial charge in [-0.2, -0.15) is 0 Å². The molecule has 110 valence electrons. The minimum atomic E-state index is -0.139. The van der Waals surface area contributed by atoms with Crippen molar-refractivity contribution in [3.05, 3.63) is 29.8 Å². The van der Waals surface area contributed by atoms with Crippen LogP contribution < -0.4 is 4.90 Å². The molecule has 0 aromatic heterocycles. The van der Waals surface area contributed by atoms with Crippen molar-refractivity contribution in [2.75, 3.05) is 4.90 Å². The zero-order valence-electron chi connectivity index (χ0n) is 11.5. The predicted molar refractivity (Wildman–Crippen MR) is 87.7 cm³/mol. The Morgan fingerprint density at radius 3 is 2.05 bits per heavy atom. The van der Waals surface area contributed by atoms with Gasteiger partial charge in [0, 0.05) is 9.65 Å². The van der Waals surface area contributed by atoms with Crippen molar-refractivity contribution in [1.29, 1.82) is 0 Å². The third kappa shape index (κ3) is 1.70. The number of nitrogens with zero attached hydrogens (tertiary/aromatic N) is 1. The van der Waals surface area contributed by atoms with Crippen molar-refractivity contribution in [2.24, 2.45) is 23.7 Å². The molecule has 1 heterocycles. The van der Waals surface area contributed by atoms with E-state index in [4.69, 9.17) is 0 Å². The van der Waals surface area contributed by atoms with E-state index in [0.29, 0.717) is 0 Å². The third-order valence-corrected chi connectivity index (χ3v) is 8.55. The summed E-state index contributed by atoms with van der Waals surface area (Å²) in [5.41, 5.74) is 1.72. The first-order valence-electron chi connectivity index (χ1n) is 7.24. The highest BCUT2D eigenvalue weighted by Crippen LogP contribution is 2.60. The number of para-hydroxylation sites is 1. The van der Waals surface area contributed by atoms with Crippen LogP contribution in [0.4, 0.5) is 5.69 Å². The van der Waals surface area contributed by atoms with Crippen LogP contribution in [0.15, 0.2) is 24.3 Å². The van der Waals surface area contributed by atoms with Crippen LogP contribution in [0.5, 0.6) is 0 Å². The monoisotopic (exact) mass is 411 g/mol. The zero-order chi connectivity index (χ0) is 14.9. The van der Waals surface area contributed by atoms with Crippen LogP contribution in [-0.4, -0.2) is 21.5 Å². The van der Waals surface area contributed by atoms with Gasteiger partial charge >= 0.3 is 0 Å². The average Bonchev–Trinajstić information content (AvgIpc) is 3.06. The number of hydrogen-bond donors (Lipinski definition) is 0. The molecule has 2 bridgehead atoms. The summed E-state index contributed by atoms with van der Waals surface area (Å²) in [6.07, 6.45) is 0.972. The molecule has 3 aliphatic rings. The van der Waals surface area contributed by atoms with E-state index < -0.39 is 0 Å². The van der Waals surface area contributed by atoms with Gasteiger partial charge in [0.1, 0.15) is 0 Å². The van der Waals surface area contributed by atoms with E-state index in [1.54, 1.807) is 0 Å². The van der Waals surface area contributed by atoms with Crippen LogP contribution in [-0.2, 0) is 9.59 Å². The fourth-order valence-corrected chi connectivity index (χ4v) is 6.27. The molecule has 2 saturated carbocycles. The molecule has 0 radical (unpaired) electrons. The Kier molecular flexibility index (Phi) is 3.09. The summed E-state index contributed by atoms with van der Waals surface area (Å²) in [6, 6.07) is 7.62. The number of fused-ring (bicyclic) bond motifs is 5. The lowest BCUT2D eigenvalue weighted by Gasteiger charge is -2.28. The Morgan fingerprint density at radius 1 is 1.00 bits per heavy atom. The highest BCUT2D eigenvalue weighted by atomic mass is 79.9. The second-order valence-electron chi connectivity index (χ2n) is 6.30. The smallest absolute Gasteiger partial charge is 0.238 e. The predicted octanol–water partition coefficient (Wildman–Crippen LogP) is 3.28. The number of amides is 2. The quantitative estimate of drug-likeness (QED) is 0.524. The molecule has 1 aromatic rings. The van der Waals surface area contributed by atoms with Crippen molar-refractivity contribution < 1.29 is 9.59 Å². The maximum atomic E-state index is 12.9. The van der Waals surface area contributed by atoms with Crippen LogP contribution in [0.2, 0.25) is 0 Å². The van der Waals surface area contributed by atoms with Crippen LogP contribution in [0.1, 0.15) is 12.0 Å². The van der Waals surface area contributed by atoms with Crippen LogP contribution in [0.3, 0.4) is 0 Å². The first-order chi connectivity index (χ1) is 10.0. The summed E-state index contributed by atoms with van der Waals surface area (Å²) in [4.78, 5) is 27.7. The molecule has 3 fully saturated rings. The zero-order valence-corrected chi connectivity index (χ0v) is 14.7. The summed E-state index contributed by atoms with van der Waals surface area (Å²) in [5, 5.41) is 0. The molecule has 4 rings (SSSR count). The van der Waals surface area contributed by atoms with Gasteiger partial charge in [0.15, 0.2) is 0 Å². The molecule has 0 unspecified atom stereocenters.